The van der Waals surface area contributed by atoms with Crippen LogP contribution < -0.4 is 10.6 Å². The molecule has 0 bridgehead atoms. The van der Waals surface area contributed by atoms with Crippen LogP contribution in [0.4, 0.5) is 14.5 Å². The lowest BCUT2D eigenvalue weighted by atomic mass is 10.1. The molecule has 0 aromatic heterocycles. The van der Waals surface area contributed by atoms with E-state index in [1.807, 2.05) is 4.90 Å². The van der Waals surface area contributed by atoms with E-state index in [2.05, 4.69) is 17.6 Å². The predicted octanol–water partition coefficient (Wildman–Crippen LogP) is 2.88. The van der Waals surface area contributed by atoms with Crippen molar-refractivity contribution < 1.29 is 18.3 Å². The Morgan fingerprint density at radius 2 is 1.93 bits per heavy atom. The minimum Gasteiger partial charge on any atom is -0.486 e. The van der Waals surface area contributed by atoms with Crippen LogP contribution in [0.2, 0.25) is 0 Å². The highest BCUT2D eigenvalue weighted by Gasteiger charge is 2.42. The normalized spacial score (nSPS) is 18.9. The van der Waals surface area contributed by atoms with Crippen molar-refractivity contribution in [2.24, 2.45) is 5.41 Å². The van der Waals surface area contributed by atoms with E-state index in [4.69, 9.17) is 10.1 Å². The minimum absolute atomic E-state index is 0.00451. The number of ether oxygens (including phenoxy) is 1. The quantitative estimate of drug-likeness (QED) is 0.361. The van der Waals surface area contributed by atoms with Gasteiger partial charge >= 0.3 is 0 Å². The molecule has 1 amide bonds. The molecule has 152 valence electrons. The van der Waals surface area contributed by atoms with Crippen LogP contribution in [-0.4, -0.2) is 49.8 Å². The summed E-state index contributed by atoms with van der Waals surface area (Å²) in [7, 11) is 0. The molecule has 28 heavy (non-hydrogen) atoms. The van der Waals surface area contributed by atoms with Crippen molar-refractivity contribution in [3.05, 3.63) is 41.3 Å². The van der Waals surface area contributed by atoms with Gasteiger partial charge in [-0.15, -0.1) is 0 Å². The second-order valence-electron chi connectivity index (χ2n) is 7.35. The summed E-state index contributed by atoms with van der Waals surface area (Å²) in [5, 5.41) is 13.6. The number of halogens is 2. The third-order valence-corrected chi connectivity index (χ3v) is 5.38. The summed E-state index contributed by atoms with van der Waals surface area (Å²) in [6.07, 6.45) is 4.14. The summed E-state index contributed by atoms with van der Waals surface area (Å²) < 4.78 is 32.9. The van der Waals surface area contributed by atoms with E-state index >= 15 is 0 Å². The molecule has 0 unspecified atom stereocenters. The van der Waals surface area contributed by atoms with Gasteiger partial charge in [-0.05, 0) is 31.4 Å². The number of anilines is 1. The molecule has 6 nitrogen and oxygen atoms in total. The van der Waals surface area contributed by atoms with E-state index in [0.717, 1.165) is 56.8 Å². The van der Waals surface area contributed by atoms with E-state index < -0.39 is 17.5 Å². The van der Waals surface area contributed by atoms with Crippen LogP contribution in [0.15, 0.2) is 29.7 Å². The lowest BCUT2D eigenvalue weighted by Crippen LogP contribution is -2.44. The number of carbonyl (C=O) groups is 1. The molecule has 3 N–H and O–H groups in total. The summed E-state index contributed by atoms with van der Waals surface area (Å²) in [6, 6.07) is 2.83. The van der Waals surface area contributed by atoms with Crippen molar-refractivity contribution in [3.63, 3.8) is 0 Å². The number of amides is 1. The Bertz CT molecular complexity index is 751. The zero-order valence-electron chi connectivity index (χ0n) is 16.0. The summed E-state index contributed by atoms with van der Waals surface area (Å²) in [5.74, 6) is -2.16. The zero-order valence-corrected chi connectivity index (χ0v) is 16.0. The Morgan fingerprint density at radius 1 is 1.29 bits per heavy atom. The standard InChI is InChI=1S/C20H26F2N4O2/c1-2-20(3-4-20)13-28-18(17(12-23)26-7-5-24-6-8-26)19(27)25-16-10-14(21)9-15(22)11-16/h9-12,23-24H,2-8,13H2,1H3,(H,25,27). The van der Waals surface area contributed by atoms with Crippen LogP contribution in [0.25, 0.3) is 0 Å². The lowest BCUT2D eigenvalue weighted by Gasteiger charge is -2.31. The molecule has 8 heteroatoms. The molecule has 0 atom stereocenters. The van der Waals surface area contributed by atoms with Crippen LogP contribution in [-0.2, 0) is 9.53 Å². The maximum atomic E-state index is 13.5. The van der Waals surface area contributed by atoms with Gasteiger partial charge in [0.1, 0.15) is 17.3 Å². The number of nitrogens with one attached hydrogen (secondary N) is 3. The first kappa shape index (κ1) is 20.3. The highest BCUT2D eigenvalue weighted by Crippen LogP contribution is 2.49. The fourth-order valence-corrected chi connectivity index (χ4v) is 3.28. The summed E-state index contributed by atoms with van der Waals surface area (Å²) in [6.45, 7) is 5.22. The topological polar surface area (TPSA) is 77.5 Å². The first-order chi connectivity index (χ1) is 13.5. The smallest absolute Gasteiger partial charge is 0.293 e. The third kappa shape index (κ3) is 4.86. The Balaban J connectivity index is 1.86. The van der Waals surface area contributed by atoms with Gasteiger partial charge in [0.15, 0.2) is 0 Å². The van der Waals surface area contributed by atoms with E-state index in [-0.39, 0.29) is 16.9 Å². The first-order valence-electron chi connectivity index (χ1n) is 9.57. The second kappa shape index (κ2) is 8.68. The maximum Gasteiger partial charge on any atom is 0.293 e. The summed E-state index contributed by atoms with van der Waals surface area (Å²) in [4.78, 5) is 14.8. The van der Waals surface area contributed by atoms with Crippen molar-refractivity contribution in [2.45, 2.75) is 26.2 Å². The highest BCUT2D eigenvalue weighted by molar-refractivity contribution is 6.05. The van der Waals surface area contributed by atoms with Crippen LogP contribution >= 0.6 is 0 Å². The fourth-order valence-electron chi connectivity index (χ4n) is 3.28. The Labute approximate surface area is 163 Å². The molecule has 2 aliphatic rings. The molecular formula is C20H26F2N4O2. The number of piperazine rings is 1. The zero-order chi connectivity index (χ0) is 20.1. The predicted molar refractivity (Wildman–Crippen MR) is 103 cm³/mol. The molecule has 1 aromatic rings. The molecule has 1 aliphatic heterocycles. The van der Waals surface area contributed by atoms with Gasteiger partial charge in [-0.2, -0.15) is 0 Å². The average molecular weight is 392 g/mol. The fraction of sp³-hybridized carbons (Fsp3) is 0.500. The number of hydrogen-bond acceptors (Lipinski definition) is 5. The molecule has 2 fully saturated rings. The van der Waals surface area contributed by atoms with Gasteiger partial charge in [-0.25, -0.2) is 8.78 Å². The van der Waals surface area contributed by atoms with Gasteiger partial charge in [0, 0.05) is 49.6 Å². The molecule has 0 radical (unpaired) electrons. The maximum absolute atomic E-state index is 13.5. The van der Waals surface area contributed by atoms with Crippen molar-refractivity contribution >= 4 is 17.8 Å². The van der Waals surface area contributed by atoms with Crippen molar-refractivity contribution in [3.8, 4) is 0 Å². The van der Waals surface area contributed by atoms with Crippen LogP contribution in [0.1, 0.15) is 26.2 Å². The Kier molecular flexibility index (Phi) is 6.28. The van der Waals surface area contributed by atoms with Gasteiger partial charge < -0.3 is 25.7 Å². The monoisotopic (exact) mass is 392 g/mol. The van der Waals surface area contributed by atoms with E-state index in [9.17, 15) is 13.6 Å². The number of hydrogen-bond donors (Lipinski definition) is 3. The van der Waals surface area contributed by atoms with Crippen LogP contribution in [0, 0.1) is 22.5 Å². The van der Waals surface area contributed by atoms with E-state index in [1.165, 1.54) is 0 Å². The number of benzene rings is 1. The van der Waals surface area contributed by atoms with Crippen LogP contribution in [0.5, 0.6) is 0 Å². The van der Waals surface area contributed by atoms with Gasteiger partial charge in [0.05, 0.1) is 6.61 Å². The molecular weight excluding hydrogens is 366 g/mol. The van der Waals surface area contributed by atoms with E-state index in [0.29, 0.717) is 25.4 Å². The van der Waals surface area contributed by atoms with Gasteiger partial charge in [0.2, 0.25) is 5.76 Å². The molecule has 1 saturated carbocycles. The van der Waals surface area contributed by atoms with Crippen LogP contribution in [0.3, 0.4) is 0 Å². The summed E-state index contributed by atoms with van der Waals surface area (Å²) >= 11 is 0. The summed E-state index contributed by atoms with van der Waals surface area (Å²) in [5.41, 5.74) is 0.459. The molecule has 1 heterocycles. The van der Waals surface area contributed by atoms with E-state index in [1.54, 1.807) is 0 Å². The molecule has 3 rings (SSSR count). The highest BCUT2D eigenvalue weighted by atomic mass is 19.1. The largest absolute Gasteiger partial charge is 0.486 e. The van der Waals surface area contributed by atoms with Crippen molar-refractivity contribution in [1.82, 2.24) is 10.2 Å². The van der Waals surface area contributed by atoms with Crippen molar-refractivity contribution in [2.75, 3.05) is 38.1 Å². The molecule has 0 spiro atoms. The minimum atomic E-state index is -0.779. The van der Waals surface area contributed by atoms with Gasteiger partial charge in [0.25, 0.3) is 5.91 Å². The Morgan fingerprint density at radius 3 is 2.46 bits per heavy atom. The molecule has 1 aromatic carbocycles. The number of carbonyl (C=O) groups excluding carboxylic acids is 1. The second-order valence-corrected chi connectivity index (χ2v) is 7.35. The van der Waals surface area contributed by atoms with Gasteiger partial charge in [-0.1, -0.05) is 6.92 Å². The average Bonchev–Trinajstić information content (AvgIpc) is 3.45. The first-order valence-corrected chi connectivity index (χ1v) is 9.57. The Hall–Kier alpha value is -2.48. The van der Waals surface area contributed by atoms with Crippen molar-refractivity contribution in [1.29, 1.82) is 5.41 Å². The third-order valence-electron chi connectivity index (χ3n) is 5.38. The molecule has 1 aliphatic carbocycles. The van der Waals surface area contributed by atoms with Gasteiger partial charge in [-0.3, -0.25) is 4.79 Å². The number of nitrogens with zero attached hydrogens (tertiary/aromatic N) is 1. The SMILES string of the molecule is CCC1(COC(C(=O)Nc2cc(F)cc(F)c2)=C(C=N)N2CCNCC2)CC1. The number of rotatable bonds is 8. The number of allylic oxidation sites excluding steroid dienone is 1. The lowest BCUT2D eigenvalue weighted by molar-refractivity contribution is -0.116. The molecule has 1 saturated heterocycles.